The van der Waals surface area contributed by atoms with E-state index in [0.29, 0.717) is 23.6 Å². The largest absolute Gasteiger partial charge is 0.412 e. The average molecular weight is 292 g/mol. The van der Waals surface area contributed by atoms with Gasteiger partial charge in [0.05, 0.1) is 12.6 Å². The van der Waals surface area contributed by atoms with E-state index in [1.807, 2.05) is 0 Å². The van der Waals surface area contributed by atoms with Crippen LogP contribution in [0.4, 0.5) is 10.5 Å². The number of amides is 2. The molecule has 1 rings (SSSR count). The van der Waals surface area contributed by atoms with Crippen molar-refractivity contribution in [3.8, 4) is 5.75 Å². The fourth-order valence-electron chi connectivity index (χ4n) is 1.50. The van der Waals surface area contributed by atoms with E-state index in [1.54, 1.807) is 45.2 Å². The minimum absolute atomic E-state index is 0.159. The van der Waals surface area contributed by atoms with Crippen molar-refractivity contribution >= 4 is 17.7 Å². The molecule has 0 aliphatic heterocycles. The number of ether oxygens (including phenoxy) is 2. The van der Waals surface area contributed by atoms with Gasteiger partial charge in [0.25, 0.3) is 5.91 Å². The van der Waals surface area contributed by atoms with Gasteiger partial charge in [-0.2, -0.15) is 0 Å². The highest BCUT2D eigenvalue weighted by molar-refractivity contribution is 6.02. The molecule has 6 heteroatoms. The highest BCUT2D eigenvalue weighted by atomic mass is 16.6. The molecule has 1 aromatic rings. The first-order chi connectivity index (χ1) is 9.92. The van der Waals surface area contributed by atoms with Crippen LogP contribution in [0.25, 0.3) is 0 Å². The molecule has 0 aliphatic carbocycles. The Labute approximate surface area is 124 Å². The van der Waals surface area contributed by atoms with Crippen molar-refractivity contribution in [3.63, 3.8) is 0 Å². The smallest absolute Gasteiger partial charge is 0.410 e. The lowest BCUT2D eigenvalue weighted by Crippen LogP contribution is -2.37. The van der Waals surface area contributed by atoms with E-state index < -0.39 is 6.09 Å². The third kappa shape index (κ3) is 6.09. The Kier molecular flexibility index (Phi) is 6.42. The molecule has 0 fully saturated rings. The minimum Gasteiger partial charge on any atom is -0.410 e. The number of carbonyl (C=O) groups excluding carboxylic acids is 2. The monoisotopic (exact) mass is 292 g/mol. The fraction of sp³-hybridized carbons (Fsp3) is 0.333. The predicted molar refractivity (Wildman–Crippen MR) is 80.4 cm³/mol. The number of rotatable bonds is 6. The molecule has 114 valence electrons. The molecule has 0 radical (unpaired) electrons. The van der Waals surface area contributed by atoms with Crippen LogP contribution >= 0.6 is 0 Å². The van der Waals surface area contributed by atoms with E-state index in [4.69, 9.17) is 9.47 Å². The van der Waals surface area contributed by atoms with Gasteiger partial charge in [0.15, 0.2) is 0 Å². The quantitative estimate of drug-likeness (QED) is 0.789. The highest BCUT2D eigenvalue weighted by Gasteiger charge is 2.10. The number of methoxy groups -OCH3 is 1. The van der Waals surface area contributed by atoms with Crippen LogP contribution in [0.1, 0.15) is 13.8 Å². The Morgan fingerprint density at radius 3 is 2.71 bits per heavy atom. The molecule has 0 heterocycles. The van der Waals surface area contributed by atoms with E-state index >= 15 is 0 Å². The first-order valence-electron chi connectivity index (χ1n) is 6.46. The summed E-state index contributed by atoms with van der Waals surface area (Å²) in [4.78, 5) is 23.2. The highest BCUT2D eigenvalue weighted by Crippen LogP contribution is 2.18. The maximum atomic E-state index is 11.6. The molecule has 0 bridgehead atoms. The summed E-state index contributed by atoms with van der Waals surface area (Å²) < 4.78 is 10.0. The summed E-state index contributed by atoms with van der Waals surface area (Å²) in [7, 11) is 1.55. The van der Waals surface area contributed by atoms with Crippen molar-refractivity contribution in [1.29, 1.82) is 0 Å². The number of hydrogen-bond acceptors (Lipinski definition) is 4. The lowest BCUT2D eigenvalue weighted by molar-refractivity contribution is -0.112. The summed E-state index contributed by atoms with van der Waals surface area (Å²) >= 11 is 0. The van der Waals surface area contributed by atoms with Gasteiger partial charge >= 0.3 is 6.09 Å². The summed E-state index contributed by atoms with van der Waals surface area (Å²) in [5.74, 6) is 0.0435. The third-order valence-corrected chi connectivity index (χ3v) is 2.47. The van der Waals surface area contributed by atoms with Crippen molar-refractivity contribution in [2.45, 2.75) is 19.9 Å². The van der Waals surface area contributed by atoms with Crippen molar-refractivity contribution < 1.29 is 19.1 Å². The summed E-state index contributed by atoms with van der Waals surface area (Å²) in [5.41, 5.74) is 0.922. The third-order valence-electron chi connectivity index (χ3n) is 2.47. The molecule has 1 aromatic carbocycles. The summed E-state index contributed by atoms with van der Waals surface area (Å²) in [5, 5.41) is 5.27. The zero-order valence-electron chi connectivity index (χ0n) is 12.4. The Balaban J connectivity index is 2.62. The summed E-state index contributed by atoms with van der Waals surface area (Å²) in [6, 6.07) is 6.39. The topological polar surface area (TPSA) is 76.7 Å². The van der Waals surface area contributed by atoms with Crippen LogP contribution < -0.4 is 15.4 Å². The Morgan fingerprint density at radius 2 is 2.10 bits per heavy atom. The van der Waals surface area contributed by atoms with Crippen LogP contribution in [0.2, 0.25) is 0 Å². The second-order valence-electron chi connectivity index (χ2n) is 4.65. The second kappa shape index (κ2) is 8.06. The standard InChI is InChI=1S/C15H20N2O4/c1-10(2)14(18)17-12-6-5-7-13(8-12)21-15(19)16-11(3)9-20-4/h5-8,11H,1,9H2,2-4H3,(H,16,19)(H,17,18). The molecule has 6 nitrogen and oxygen atoms in total. The Hall–Kier alpha value is -2.34. The Morgan fingerprint density at radius 1 is 1.38 bits per heavy atom. The zero-order chi connectivity index (χ0) is 15.8. The fourth-order valence-corrected chi connectivity index (χ4v) is 1.50. The molecular weight excluding hydrogens is 272 g/mol. The first-order valence-corrected chi connectivity index (χ1v) is 6.46. The van der Waals surface area contributed by atoms with Crippen LogP contribution in [-0.4, -0.2) is 31.8 Å². The molecule has 1 atom stereocenters. The summed E-state index contributed by atoms with van der Waals surface area (Å²) in [6.07, 6.45) is -0.581. The van der Waals surface area contributed by atoms with E-state index in [0.717, 1.165) is 0 Å². The van der Waals surface area contributed by atoms with E-state index in [9.17, 15) is 9.59 Å². The van der Waals surface area contributed by atoms with Crippen LogP contribution in [0, 0.1) is 0 Å². The molecule has 2 amide bonds. The predicted octanol–water partition coefficient (Wildman–Crippen LogP) is 2.32. The average Bonchev–Trinajstić information content (AvgIpc) is 2.38. The molecule has 21 heavy (non-hydrogen) atoms. The number of nitrogens with one attached hydrogen (secondary N) is 2. The van der Waals surface area contributed by atoms with Gasteiger partial charge in [0.2, 0.25) is 0 Å². The van der Waals surface area contributed by atoms with Gasteiger partial charge in [-0.3, -0.25) is 4.79 Å². The minimum atomic E-state index is -0.581. The SMILES string of the molecule is C=C(C)C(=O)Nc1cccc(OC(=O)NC(C)COC)c1. The van der Waals surface area contributed by atoms with Crippen LogP contribution in [-0.2, 0) is 9.53 Å². The van der Waals surface area contributed by atoms with Gasteiger partial charge in [-0.25, -0.2) is 4.79 Å². The first kappa shape index (κ1) is 16.7. The van der Waals surface area contributed by atoms with Crippen molar-refractivity contribution in [1.82, 2.24) is 5.32 Å². The molecule has 0 aliphatic rings. The molecule has 0 spiro atoms. The van der Waals surface area contributed by atoms with Gasteiger partial charge in [-0.05, 0) is 26.0 Å². The molecule has 0 saturated carbocycles. The van der Waals surface area contributed by atoms with E-state index in [1.165, 1.54) is 0 Å². The summed E-state index contributed by atoms with van der Waals surface area (Å²) in [6.45, 7) is 7.36. The zero-order valence-corrected chi connectivity index (χ0v) is 12.4. The van der Waals surface area contributed by atoms with Crippen LogP contribution in [0.5, 0.6) is 5.75 Å². The Bertz CT molecular complexity index is 528. The molecule has 0 aromatic heterocycles. The maximum absolute atomic E-state index is 11.6. The van der Waals surface area contributed by atoms with Crippen molar-refractivity contribution in [2.24, 2.45) is 0 Å². The van der Waals surface area contributed by atoms with Crippen LogP contribution in [0.15, 0.2) is 36.4 Å². The van der Waals surface area contributed by atoms with Gasteiger partial charge in [-0.15, -0.1) is 0 Å². The normalized spacial score (nSPS) is 11.4. The van der Waals surface area contributed by atoms with Gasteiger partial charge in [0.1, 0.15) is 5.75 Å². The van der Waals surface area contributed by atoms with Gasteiger partial charge < -0.3 is 20.1 Å². The maximum Gasteiger partial charge on any atom is 0.412 e. The lowest BCUT2D eigenvalue weighted by atomic mass is 10.2. The second-order valence-corrected chi connectivity index (χ2v) is 4.65. The van der Waals surface area contributed by atoms with Crippen molar-refractivity contribution in [2.75, 3.05) is 19.0 Å². The van der Waals surface area contributed by atoms with Crippen LogP contribution in [0.3, 0.4) is 0 Å². The molecular formula is C15H20N2O4. The lowest BCUT2D eigenvalue weighted by Gasteiger charge is -2.13. The van der Waals surface area contributed by atoms with Gasteiger partial charge in [-0.1, -0.05) is 12.6 Å². The van der Waals surface area contributed by atoms with Crippen molar-refractivity contribution in [3.05, 3.63) is 36.4 Å². The van der Waals surface area contributed by atoms with E-state index in [-0.39, 0.29) is 11.9 Å². The van der Waals surface area contributed by atoms with E-state index in [2.05, 4.69) is 17.2 Å². The molecule has 2 N–H and O–H groups in total. The molecule has 1 unspecified atom stereocenters. The van der Waals surface area contributed by atoms with Gasteiger partial charge in [0, 0.05) is 24.4 Å². The number of carbonyl (C=O) groups is 2. The number of hydrogen-bond donors (Lipinski definition) is 2. The number of benzene rings is 1. The molecule has 0 saturated heterocycles. The number of anilines is 1.